The molecule has 0 aromatic heterocycles. The third-order valence-electron chi connectivity index (χ3n) is 2.70. The number of fused-ring (bicyclic) bond motifs is 1. The van der Waals surface area contributed by atoms with E-state index in [0.717, 1.165) is 0 Å². The first-order chi connectivity index (χ1) is 8.52. The van der Waals surface area contributed by atoms with Gasteiger partial charge in [-0.2, -0.15) is 0 Å². The van der Waals surface area contributed by atoms with Crippen molar-refractivity contribution in [1.29, 1.82) is 0 Å². The zero-order valence-electron chi connectivity index (χ0n) is 9.38. The molecule has 0 heterocycles. The van der Waals surface area contributed by atoms with E-state index in [1.807, 2.05) is 0 Å². The maximum atomic E-state index is 11.0. The van der Waals surface area contributed by atoms with E-state index in [9.17, 15) is 9.59 Å². The highest BCUT2D eigenvalue weighted by Crippen LogP contribution is 2.24. The Kier molecular flexibility index (Phi) is 2.85. The smallest absolute Gasteiger partial charge is 0.335 e. The molecule has 90 valence electrons. The molecule has 0 aliphatic carbocycles. The molecular weight excluding hydrogens is 232 g/mol. The fraction of sp³-hybridized carbons (Fsp3) is 0. The van der Waals surface area contributed by atoms with Crippen molar-refractivity contribution >= 4 is 28.8 Å². The third-order valence-corrected chi connectivity index (χ3v) is 2.70. The zero-order valence-corrected chi connectivity index (χ0v) is 9.38. The van der Waals surface area contributed by atoms with Gasteiger partial charge < -0.3 is 10.2 Å². The van der Waals surface area contributed by atoms with Gasteiger partial charge in [0.1, 0.15) is 0 Å². The van der Waals surface area contributed by atoms with Gasteiger partial charge in [-0.05, 0) is 40.6 Å². The molecule has 4 heteroatoms. The minimum Gasteiger partial charge on any atom is -0.478 e. The molecule has 0 atom stereocenters. The molecule has 2 aromatic rings. The quantitative estimate of drug-likeness (QED) is 0.867. The highest BCUT2D eigenvalue weighted by atomic mass is 16.4. The van der Waals surface area contributed by atoms with Crippen LogP contribution in [0.25, 0.3) is 16.8 Å². The van der Waals surface area contributed by atoms with Crippen molar-refractivity contribution in [2.24, 2.45) is 0 Å². The number of carboxylic acid groups (broad SMARTS) is 2. The van der Waals surface area contributed by atoms with E-state index in [1.165, 1.54) is 30.3 Å². The Morgan fingerprint density at radius 3 is 2.22 bits per heavy atom. The van der Waals surface area contributed by atoms with Gasteiger partial charge in [-0.15, -0.1) is 0 Å². The molecule has 4 nitrogen and oxygen atoms in total. The van der Waals surface area contributed by atoms with Crippen LogP contribution in [0.5, 0.6) is 0 Å². The molecule has 0 radical (unpaired) electrons. The molecule has 0 amide bonds. The molecule has 0 bridgehead atoms. The molecular formula is C14H10O4. The van der Waals surface area contributed by atoms with E-state index in [1.54, 1.807) is 6.07 Å². The zero-order chi connectivity index (χ0) is 13.3. The van der Waals surface area contributed by atoms with Crippen LogP contribution in [0.2, 0.25) is 0 Å². The Morgan fingerprint density at radius 1 is 1.00 bits per heavy atom. The molecule has 2 rings (SSSR count). The van der Waals surface area contributed by atoms with Gasteiger partial charge in [0.25, 0.3) is 0 Å². The standard InChI is InChI=1S/C14H10O4/c1-2-8-5-11(14(17)18)6-9-3-4-10(13(15)16)7-12(8)9/h2-7H,1H2,(H,15,16)(H,17,18). The topological polar surface area (TPSA) is 74.6 Å². The van der Waals surface area contributed by atoms with Crippen molar-refractivity contribution in [3.05, 3.63) is 53.6 Å². The van der Waals surface area contributed by atoms with E-state index in [0.29, 0.717) is 16.3 Å². The first-order valence-electron chi connectivity index (χ1n) is 5.20. The number of carbonyl (C=O) groups is 2. The predicted octanol–water partition coefficient (Wildman–Crippen LogP) is 2.88. The third kappa shape index (κ3) is 1.96. The highest BCUT2D eigenvalue weighted by Gasteiger charge is 2.10. The van der Waals surface area contributed by atoms with E-state index in [4.69, 9.17) is 10.2 Å². The van der Waals surface area contributed by atoms with Crippen molar-refractivity contribution in [1.82, 2.24) is 0 Å². The van der Waals surface area contributed by atoms with Crippen LogP contribution < -0.4 is 0 Å². The Bertz CT molecular complexity index is 671. The molecule has 0 fully saturated rings. The normalized spacial score (nSPS) is 10.2. The van der Waals surface area contributed by atoms with Gasteiger partial charge >= 0.3 is 11.9 Å². The second-order valence-electron chi connectivity index (χ2n) is 3.82. The maximum Gasteiger partial charge on any atom is 0.335 e. The average molecular weight is 242 g/mol. The van der Waals surface area contributed by atoms with Gasteiger partial charge in [0.05, 0.1) is 11.1 Å². The number of hydrogen-bond donors (Lipinski definition) is 2. The van der Waals surface area contributed by atoms with Crippen molar-refractivity contribution in [3.8, 4) is 0 Å². The molecule has 0 aliphatic heterocycles. The van der Waals surface area contributed by atoms with Gasteiger partial charge in [0, 0.05) is 0 Å². The summed E-state index contributed by atoms with van der Waals surface area (Å²) in [5, 5.41) is 19.3. The minimum absolute atomic E-state index is 0.153. The second-order valence-corrected chi connectivity index (χ2v) is 3.82. The number of hydrogen-bond acceptors (Lipinski definition) is 2. The van der Waals surface area contributed by atoms with Crippen LogP contribution in [0.3, 0.4) is 0 Å². The van der Waals surface area contributed by atoms with E-state index >= 15 is 0 Å². The second kappa shape index (κ2) is 4.33. The fourth-order valence-corrected chi connectivity index (χ4v) is 1.81. The minimum atomic E-state index is -1.03. The summed E-state index contributed by atoms with van der Waals surface area (Å²) >= 11 is 0. The van der Waals surface area contributed by atoms with Crippen LogP contribution in [0.15, 0.2) is 36.9 Å². The monoisotopic (exact) mass is 242 g/mol. The lowest BCUT2D eigenvalue weighted by Gasteiger charge is -2.06. The van der Waals surface area contributed by atoms with Crippen LogP contribution in [0.1, 0.15) is 26.3 Å². The summed E-state index contributed by atoms with van der Waals surface area (Å²) in [6.45, 7) is 3.62. The summed E-state index contributed by atoms with van der Waals surface area (Å²) in [6.07, 6.45) is 1.51. The first kappa shape index (κ1) is 11.9. The molecule has 0 saturated carbocycles. The molecule has 0 spiro atoms. The van der Waals surface area contributed by atoms with E-state index in [2.05, 4.69) is 6.58 Å². The van der Waals surface area contributed by atoms with Crippen molar-refractivity contribution in [2.75, 3.05) is 0 Å². The van der Waals surface area contributed by atoms with Crippen LogP contribution in [0.4, 0.5) is 0 Å². The summed E-state index contributed by atoms with van der Waals surface area (Å²) in [4.78, 5) is 21.9. The first-order valence-corrected chi connectivity index (χ1v) is 5.20. The number of carboxylic acids is 2. The fourth-order valence-electron chi connectivity index (χ4n) is 1.81. The van der Waals surface area contributed by atoms with E-state index in [-0.39, 0.29) is 11.1 Å². The lowest BCUT2D eigenvalue weighted by atomic mass is 9.99. The van der Waals surface area contributed by atoms with Crippen LogP contribution in [-0.4, -0.2) is 22.2 Å². The largest absolute Gasteiger partial charge is 0.478 e. The van der Waals surface area contributed by atoms with Crippen LogP contribution in [-0.2, 0) is 0 Å². The SMILES string of the molecule is C=Cc1cc(C(=O)O)cc2ccc(C(=O)O)cc12. The van der Waals surface area contributed by atoms with Gasteiger partial charge in [-0.1, -0.05) is 18.7 Å². The van der Waals surface area contributed by atoms with Crippen LogP contribution >= 0.6 is 0 Å². The Morgan fingerprint density at radius 2 is 1.67 bits per heavy atom. The Labute approximate surface area is 103 Å². The summed E-state index contributed by atoms with van der Waals surface area (Å²) < 4.78 is 0. The van der Waals surface area contributed by atoms with E-state index < -0.39 is 11.9 Å². The molecule has 0 aliphatic rings. The number of rotatable bonds is 3. The molecule has 2 aromatic carbocycles. The summed E-state index contributed by atoms with van der Waals surface area (Å²) in [6, 6.07) is 7.54. The van der Waals surface area contributed by atoms with Crippen LogP contribution in [0, 0.1) is 0 Å². The number of benzene rings is 2. The molecule has 0 saturated heterocycles. The predicted molar refractivity (Wildman–Crippen MR) is 68.0 cm³/mol. The molecule has 18 heavy (non-hydrogen) atoms. The van der Waals surface area contributed by atoms with Crippen molar-refractivity contribution in [3.63, 3.8) is 0 Å². The van der Waals surface area contributed by atoms with Crippen molar-refractivity contribution in [2.45, 2.75) is 0 Å². The lowest BCUT2D eigenvalue weighted by Crippen LogP contribution is -1.99. The van der Waals surface area contributed by atoms with Gasteiger partial charge in [-0.3, -0.25) is 0 Å². The molecule has 0 unspecified atom stereocenters. The van der Waals surface area contributed by atoms with Crippen molar-refractivity contribution < 1.29 is 19.8 Å². The Balaban J connectivity index is 2.79. The summed E-state index contributed by atoms with van der Waals surface area (Å²) in [7, 11) is 0. The lowest BCUT2D eigenvalue weighted by molar-refractivity contribution is 0.0686. The average Bonchev–Trinajstić information content (AvgIpc) is 2.36. The highest BCUT2D eigenvalue weighted by molar-refractivity contribution is 6.01. The van der Waals surface area contributed by atoms with Gasteiger partial charge in [-0.25, -0.2) is 9.59 Å². The Hall–Kier alpha value is -2.62. The number of aromatic carboxylic acids is 2. The van der Waals surface area contributed by atoms with Gasteiger partial charge in [0.15, 0.2) is 0 Å². The van der Waals surface area contributed by atoms with Gasteiger partial charge in [0.2, 0.25) is 0 Å². The summed E-state index contributed by atoms with van der Waals surface area (Å²) in [5.74, 6) is -2.04. The molecule has 2 N–H and O–H groups in total. The summed E-state index contributed by atoms with van der Waals surface area (Å²) in [5.41, 5.74) is 0.919. The maximum absolute atomic E-state index is 11.0.